The maximum Gasteiger partial charge on any atom is 1.00 e. The summed E-state index contributed by atoms with van der Waals surface area (Å²) in [6.45, 7) is 1.35. The number of nitrogens with two attached hydrogens (primary N) is 1. The molecule has 30 valence electrons. The fourth-order valence-electron chi connectivity index (χ4n) is 0. The van der Waals surface area contributed by atoms with Crippen LogP contribution in [0.25, 0.3) is 0 Å². The van der Waals surface area contributed by atoms with E-state index in [1.165, 1.54) is 6.92 Å². The minimum absolute atomic E-state index is 0. The Morgan fingerprint density at radius 3 is 2.40 bits per heavy atom. The summed E-state index contributed by atoms with van der Waals surface area (Å²) in [5, 5.41) is 0. The van der Waals surface area contributed by atoms with Crippen LogP contribution in [0.1, 0.15) is 8.35 Å². The zero-order valence-corrected chi connectivity index (χ0v) is 2.99. The van der Waals surface area contributed by atoms with Gasteiger partial charge in [0.05, 0.1) is 0 Å². The van der Waals surface area contributed by atoms with Gasteiger partial charge in [0.2, 0.25) is 5.91 Å². The largest absolute Gasteiger partial charge is 1.00 e. The molecule has 0 atom stereocenters. The summed E-state index contributed by atoms with van der Waals surface area (Å²) < 4.78 is 0. The van der Waals surface area contributed by atoms with Gasteiger partial charge in [0, 0.05) is 6.92 Å². The third-order valence-electron chi connectivity index (χ3n) is 0.203. The van der Waals surface area contributed by atoms with Crippen LogP contribution in [0.15, 0.2) is 0 Å². The van der Waals surface area contributed by atoms with Gasteiger partial charge in [-0.2, -0.15) is 0 Å². The van der Waals surface area contributed by atoms with E-state index in [4.69, 9.17) is 0 Å². The molecule has 3 N–H and O–H groups in total. The highest BCUT2D eigenvalue weighted by molar-refractivity contribution is 5.71. The monoisotopic (exact) mass is 75.1 g/mol. The van der Waals surface area contributed by atoms with Gasteiger partial charge < -0.3 is 0 Å². The topological polar surface area (TPSA) is 55.1 Å². The Morgan fingerprint density at radius 1 is 2.20 bits per heavy atom. The van der Waals surface area contributed by atoms with E-state index in [1.54, 1.807) is 0 Å². The Hall–Kier alpha value is -0.570. The fourth-order valence-corrected chi connectivity index (χ4v) is 0. The van der Waals surface area contributed by atoms with E-state index in [0.717, 1.165) is 0 Å². The molecule has 0 aliphatic heterocycles. The summed E-state index contributed by atoms with van der Waals surface area (Å²) >= 11 is 0. The van der Waals surface area contributed by atoms with Crippen molar-refractivity contribution < 1.29 is 6.22 Å². The van der Waals surface area contributed by atoms with E-state index in [2.05, 4.69) is 5.84 Å². The van der Waals surface area contributed by atoms with Gasteiger partial charge >= 0.3 is 1.43 Å². The standard InChI is InChI=1S/C2H6N2O/c1-2(5)4-3/h3H2,1H3,(H,4,5)/p+1. The van der Waals surface area contributed by atoms with Crippen molar-refractivity contribution in [3.05, 3.63) is 0 Å². The summed E-state index contributed by atoms with van der Waals surface area (Å²) in [7, 11) is 0. The van der Waals surface area contributed by atoms with Crippen molar-refractivity contribution in [1.29, 1.82) is 0 Å². The SMILES string of the molecule is CC(=O)NN.[H+]. The molecule has 0 spiro atoms. The first-order chi connectivity index (χ1) is 2.27. The molecule has 0 heterocycles. The molecule has 0 aromatic rings. The van der Waals surface area contributed by atoms with Crippen molar-refractivity contribution >= 4 is 5.91 Å². The number of nitrogens with one attached hydrogen (secondary N) is 1. The summed E-state index contributed by atoms with van der Waals surface area (Å²) in [5.41, 5.74) is 1.89. The molecule has 0 aromatic carbocycles. The summed E-state index contributed by atoms with van der Waals surface area (Å²) in [6, 6.07) is 0. The third kappa shape index (κ3) is 3.43. The third-order valence-corrected chi connectivity index (χ3v) is 0.203. The quantitative estimate of drug-likeness (QED) is 0.223. The van der Waals surface area contributed by atoms with Gasteiger partial charge in [0.25, 0.3) is 0 Å². The van der Waals surface area contributed by atoms with Crippen LogP contribution in [0, 0.1) is 0 Å². The van der Waals surface area contributed by atoms with Gasteiger partial charge in [0.15, 0.2) is 0 Å². The van der Waals surface area contributed by atoms with Crippen LogP contribution in [-0.4, -0.2) is 5.91 Å². The Bertz CT molecular complexity index is 46.8. The van der Waals surface area contributed by atoms with E-state index in [-0.39, 0.29) is 7.33 Å². The van der Waals surface area contributed by atoms with E-state index in [1.807, 2.05) is 5.43 Å². The van der Waals surface area contributed by atoms with E-state index in [0.29, 0.717) is 0 Å². The van der Waals surface area contributed by atoms with Crippen LogP contribution in [0.3, 0.4) is 0 Å². The highest BCUT2D eigenvalue weighted by Gasteiger charge is 1.73. The summed E-state index contributed by atoms with van der Waals surface area (Å²) in [5.74, 6) is 4.35. The van der Waals surface area contributed by atoms with Gasteiger partial charge in [-0.25, -0.2) is 5.84 Å². The molecule has 0 rings (SSSR count). The molecule has 1 amide bonds. The number of rotatable bonds is 0. The molecule has 0 aliphatic rings. The number of hydrogen-bond donors (Lipinski definition) is 2. The van der Waals surface area contributed by atoms with Crippen molar-refractivity contribution in [2.24, 2.45) is 5.84 Å². The van der Waals surface area contributed by atoms with Crippen LogP contribution in [0.5, 0.6) is 0 Å². The molecule has 3 heteroatoms. The molecule has 0 aliphatic carbocycles. The van der Waals surface area contributed by atoms with E-state index >= 15 is 0 Å². The number of amides is 1. The highest BCUT2D eigenvalue weighted by atomic mass is 16.2. The molecule has 3 nitrogen and oxygen atoms in total. The van der Waals surface area contributed by atoms with Gasteiger partial charge in [-0.15, -0.1) is 0 Å². The summed E-state index contributed by atoms with van der Waals surface area (Å²) in [6.07, 6.45) is 0. The number of carbonyl (C=O) groups excluding carboxylic acids is 1. The second kappa shape index (κ2) is 1.72. The Kier molecular flexibility index (Phi) is 1.53. The normalized spacial score (nSPS) is 6.80. The summed E-state index contributed by atoms with van der Waals surface area (Å²) in [4.78, 5) is 9.58. The van der Waals surface area contributed by atoms with Gasteiger partial charge in [-0.05, 0) is 0 Å². The van der Waals surface area contributed by atoms with Gasteiger partial charge in [0.1, 0.15) is 0 Å². The predicted octanol–water partition coefficient (Wildman–Crippen LogP) is -0.891. The first kappa shape index (κ1) is 4.43. The maximum absolute atomic E-state index is 9.58. The fraction of sp³-hybridized carbons (Fsp3) is 0.500. The average molecular weight is 75.1 g/mol. The molecule has 0 unspecified atom stereocenters. The zero-order chi connectivity index (χ0) is 4.28. The molecular weight excluding hydrogens is 68.0 g/mol. The van der Waals surface area contributed by atoms with Crippen molar-refractivity contribution in [2.75, 3.05) is 0 Å². The lowest BCUT2D eigenvalue weighted by Crippen LogP contribution is -2.26. The molecule has 0 bridgehead atoms. The second-order valence-corrected chi connectivity index (χ2v) is 0.701. The number of hydrogen-bond acceptors (Lipinski definition) is 2. The first-order valence-corrected chi connectivity index (χ1v) is 1.24. The Labute approximate surface area is 31.6 Å². The number of carbonyl (C=O) groups is 1. The van der Waals surface area contributed by atoms with Crippen LogP contribution in [-0.2, 0) is 4.79 Å². The van der Waals surface area contributed by atoms with Crippen LogP contribution < -0.4 is 11.3 Å². The lowest BCUT2D eigenvalue weighted by atomic mass is 10.8. The highest BCUT2D eigenvalue weighted by Crippen LogP contribution is 1.41. The van der Waals surface area contributed by atoms with Crippen LogP contribution in [0.2, 0.25) is 0 Å². The minimum Gasteiger partial charge on any atom is -0.295 e. The molecule has 0 fully saturated rings. The second-order valence-electron chi connectivity index (χ2n) is 0.701. The minimum atomic E-state index is -0.218. The average Bonchev–Trinajstić information content (AvgIpc) is 1.38. The molecule has 0 saturated carbocycles. The van der Waals surface area contributed by atoms with Gasteiger partial charge in [-0.3, -0.25) is 10.2 Å². The van der Waals surface area contributed by atoms with Crippen LogP contribution in [0.4, 0.5) is 0 Å². The van der Waals surface area contributed by atoms with Crippen molar-refractivity contribution in [3.8, 4) is 0 Å². The van der Waals surface area contributed by atoms with Crippen LogP contribution >= 0.6 is 0 Å². The zero-order valence-electron chi connectivity index (χ0n) is 3.99. The Morgan fingerprint density at radius 2 is 2.40 bits per heavy atom. The molecule has 0 aromatic heterocycles. The van der Waals surface area contributed by atoms with Gasteiger partial charge in [-0.1, -0.05) is 0 Å². The Balaban J connectivity index is 0. The smallest absolute Gasteiger partial charge is 0.295 e. The van der Waals surface area contributed by atoms with Crippen molar-refractivity contribution in [2.45, 2.75) is 6.92 Å². The molecule has 0 radical (unpaired) electrons. The molecular formula is C2H7N2O+. The van der Waals surface area contributed by atoms with E-state index in [9.17, 15) is 4.79 Å². The van der Waals surface area contributed by atoms with Crippen molar-refractivity contribution in [3.63, 3.8) is 0 Å². The molecule has 5 heavy (non-hydrogen) atoms. The van der Waals surface area contributed by atoms with Crippen molar-refractivity contribution in [1.82, 2.24) is 5.43 Å². The predicted molar refractivity (Wildman–Crippen MR) is 19.1 cm³/mol. The number of hydrazine groups is 1. The maximum atomic E-state index is 9.58. The lowest BCUT2D eigenvalue weighted by Gasteiger charge is -1.80. The molecule has 0 saturated heterocycles. The first-order valence-electron chi connectivity index (χ1n) is 1.24. The van der Waals surface area contributed by atoms with E-state index < -0.39 is 0 Å². The lowest BCUT2D eigenvalue weighted by molar-refractivity contribution is -0.119.